The Kier molecular flexibility index (Phi) is 15.7. The molecular weight excluding hydrogens is 733 g/mol. The monoisotopic (exact) mass is 782 g/mol. The molecule has 0 aliphatic carbocycles. The smallest absolute Gasteiger partial charge is 0.337 e. The van der Waals surface area contributed by atoms with Gasteiger partial charge in [0.25, 0.3) is 0 Å². The van der Waals surface area contributed by atoms with Crippen molar-refractivity contribution in [2.45, 2.75) is 31.3 Å². The number of ether oxygens (including phenoxy) is 4. The molecule has 4 aromatic carbocycles. The standard InChI is InChI=1S/C22H26N2O4.C21H24N2O4S/c1-3-17-6-10-20(11-7-17)24(22(26)23-12-14-28-15-13-23)16-18-4-8-19(9-5-18)21(25)27-2;1-26-20(24)17-5-3-16(4-6-17)15-23(18-7-9-19(28-2)10-8-18)21(25)22-11-13-27-14-12-22/h4-11H,3,12-16H2,1-2H3;3-10H,11-15H2,1-2H3. The summed E-state index contributed by atoms with van der Waals surface area (Å²) in [5.74, 6) is -0.747. The molecule has 2 heterocycles. The highest BCUT2D eigenvalue weighted by Gasteiger charge is 2.26. The minimum absolute atomic E-state index is 0.0374. The van der Waals surface area contributed by atoms with Gasteiger partial charge in [-0.05, 0) is 90.0 Å². The molecule has 0 bridgehead atoms. The van der Waals surface area contributed by atoms with E-state index in [4.69, 9.17) is 18.9 Å². The summed E-state index contributed by atoms with van der Waals surface area (Å²) in [6.07, 6.45) is 2.97. The third kappa shape index (κ3) is 11.3. The molecule has 0 unspecified atom stereocenters. The van der Waals surface area contributed by atoms with Crippen LogP contribution in [0.1, 0.15) is 44.3 Å². The summed E-state index contributed by atoms with van der Waals surface area (Å²) < 4.78 is 20.2. The zero-order valence-corrected chi connectivity index (χ0v) is 33.3. The maximum absolute atomic E-state index is 13.2. The Morgan fingerprint density at radius 2 is 0.929 bits per heavy atom. The first-order chi connectivity index (χ1) is 27.2. The predicted octanol–water partition coefficient (Wildman–Crippen LogP) is 7.15. The number of amides is 4. The molecular formula is C43H50N4O8S. The van der Waals surface area contributed by atoms with E-state index in [0.717, 1.165) is 33.8 Å². The van der Waals surface area contributed by atoms with Crippen LogP contribution in [0.25, 0.3) is 0 Å². The molecule has 0 atom stereocenters. The lowest BCUT2D eigenvalue weighted by atomic mass is 10.1. The van der Waals surface area contributed by atoms with Crippen molar-refractivity contribution < 1.29 is 38.1 Å². The number of aryl methyl sites for hydroxylation is 1. The highest BCUT2D eigenvalue weighted by molar-refractivity contribution is 7.98. The molecule has 0 aromatic heterocycles. The van der Waals surface area contributed by atoms with Gasteiger partial charge in [0.15, 0.2) is 0 Å². The second-order valence-electron chi connectivity index (χ2n) is 13.0. The lowest BCUT2D eigenvalue weighted by molar-refractivity contribution is 0.0548. The second-order valence-corrected chi connectivity index (χ2v) is 13.9. The first-order valence-corrected chi connectivity index (χ1v) is 19.8. The fraction of sp³-hybridized carbons (Fsp3) is 0.349. The topological polar surface area (TPSA) is 118 Å². The number of hydrogen-bond acceptors (Lipinski definition) is 9. The average molecular weight is 783 g/mol. The molecule has 2 saturated heterocycles. The highest BCUT2D eigenvalue weighted by atomic mass is 32.2. The summed E-state index contributed by atoms with van der Waals surface area (Å²) in [5.41, 5.74) is 5.77. The number of hydrogen-bond donors (Lipinski definition) is 0. The lowest BCUT2D eigenvalue weighted by Crippen LogP contribution is -2.48. The number of nitrogens with zero attached hydrogens (tertiary/aromatic N) is 4. The van der Waals surface area contributed by atoms with E-state index in [9.17, 15) is 19.2 Å². The second kappa shape index (κ2) is 21.1. The van der Waals surface area contributed by atoms with Crippen LogP contribution in [0.4, 0.5) is 21.0 Å². The van der Waals surface area contributed by atoms with Gasteiger partial charge in [-0.1, -0.05) is 43.3 Å². The zero-order chi connectivity index (χ0) is 39.9. The number of thioether (sulfide) groups is 1. The van der Waals surface area contributed by atoms with Gasteiger partial charge in [0.05, 0.1) is 64.9 Å². The summed E-state index contributed by atoms with van der Waals surface area (Å²) in [5, 5.41) is 0. The highest BCUT2D eigenvalue weighted by Crippen LogP contribution is 2.25. The molecule has 296 valence electrons. The van der Waals surface area contributed by atoms with Crippen LogP contribution in [0.5, 0.6) is 0 Å². The Balaban J connectivity index is 0.000000214. The van der Waals surface area contributed by atoms with Crippen molar-refractivity contribution in [3.8, 4) is 0 Å². The first kappa shape index (κ1) is 41.8. The molecule has 6 rings (SSSR count). The summed E-state index contributed by atoms with van der Waals surface area (Å²) in [6.45, 7) is 7.50. The normalized spacial score (nSPS) is 13.9. The summed E-state index contributed by atoms with van der Waals surface area (Å²) in [7, 11) is 2.72. The van der Waals surface area contributed by atoms with Gasteiger partial charge in [-0.15, -0.1) is 11.8 Å². The number of anilines is 2. The van der Waals surface area contributed by atoms with E-state index in [1.165, 1.54) is 19.8 Å². The van der Waals surface area contributed by atoms with E-state index in [1.807, 2.05) is 76.7 Å². The van der Waals surface area contributed by atoms with Crippen LogP contribution < -0.4 is 9.80 Å². The number of carbonyl (C=O) groups excluding carboxylic acids is 4. The maximum atomic E-state index is 13.2. The molecule has 2 aliphatic heterocycles. The SMILES string of the molecule is CCc1ccc(N(Cc2ccc(C(=O)OC)cc2)C(=O)N2CCOCC2)cc1.COC(=O)c1ccc(CN(C(=O)N2CCOCC2)c2ccc(SC)cc2)cc1. The lowest BCUT2D eigenvalue weighted by Gasteiger charge is -2.33. The molecule has 4 amide bonds. The van der Waals surface area contributed by atoms with E-state index in [0.29, 0.717) is 76.8 Å². The number of urea groups is 2. The van der Waals surface area contributed by atoms with Crippen LogP contribution in [-0.2, 0) is 38.5 Å². The molecule has 0 spiro atoms. The zero-order valence-electron chi connectivity index (χ0n) is 32.5. The number of benzene rings is 4. The van der Waals surface area contributed by atoms with Crippen molar-refractivity contribution in [1.82, 2.24) is 9.80 Å². The molecule has 13 heteroatoms. The number of methoxy groups -OCH3 is 2. The summed E-state index contributed by atoms with van der Waals surface area (Å²) in [4.78, 5) is 58.0. The molecule has 0 saturated carbocycles. The quantitative estimate of drug-likeness (QED) is 0.122. The molecule has 56 heavy (non-hydrogen) atoms. The minimum Gasteiger partial charge on any atom is -0.465 e. The average Bonchev–Trinajstić information content (AvgIpc) is 3.27. The van der Waals surface area contributed by atoms with Gasteiger partial charge in [-0.2, -0.15) is 0 Å². The van der Waals surface area contributed by atoms with Crippen LogP contribution in [0.2, 0.25) is 0 Å². The molecule has 4 aromatic rings. The Bertz CT molecular complexity index is 1740. The van der Waals surface area contributed by atoms with Crippen molar-refractivity contribution in [2.75, 3.05) is 82.9 Å². The van der Waals surface area contributed by atoms with Gasteiger partial charge >= 0.3 is 24.0 Å². The van der Waals surface area contributed by atoms with Crippen LogP contribution in [-0.4, -0.2) is 107 Å². The van der Waals surface area contributed by atoms with E-state index in [2.05, 4.69) is 19.1 Å². The third-order valence-corrected chi connectivity index (χ3v) is 10.2. The molecule has 0 radical (unpaired) electrons. The van der Waals surface area contributed by atoms with Gasteiger partial charge in [-0.3, -0.25) is 9.80 Å². The van der Waals surface area contributed by atoms with Crippen molar-refractivity contribution >= 4 is 47.1 Å². The molecule has 2 aliphatic rings. The summed E-state index contributed by atoms with van der Waals surface area (Å²) >= 11 is 1.66. The van der Waals surface area contributed by atoms with Gasteiger partial charge in [0, 0.05) is 42.4 Å². The molecule has 2 fully saturated rings. The molecule has 12 nitrogen and oxygen atoms in total. The van der Waals surface area contributed by atoms with Crippen molar-refractivity contribution in [3.05, 3.63) is 125 Å². The minimum atomic E-state index is -0.375. The molecule has 0 N–H and O–H groups in total. The third-order valence-electron chi connectivity index (χ3n) is 9.50. The Hall–Kier alpha value is -5.37. The van der Waals surface area contributed by atoms with Crippen LogP contribution in [0.3, 0.4) is 0 Å². The number of rotatable bonds is 10. The number of morpholine rings is 2. The van der Waals surface area contributed by atoms with E-state index >= 15 is 0 Å². The Morgan fingerprint density at radius 1 is 0.571 bits per heavy atom. The van der Waals surface area contributed by atoms with Gasteiger partial charge in [0.1, 0.15) is 0 Å². The van der Waals surface area contributed by atoms with Crippen LogP contribution in [0.15, 0.2) is 102 Å². The van der Waals surface area contributed by atoms with Gasteiger partial charge < -0.3 is 28.7 Å². The largest absolute Gasteiger partial charge is 0.465 e. The predicted molar refractivity (Wildman–Crippen MR) is 218 cm³/mol. The van der Waals surface area contributed by atoms with Crippen molar-refractivity contribution in [1.29, 1.82) is 0 Å². The maximum Gasteiger partial charge on any atom is 0.337 e. The number of esters is 2. The Labute approximate surface area is 333 Å². The van der Waals surface area contributed by atoms with Crippen molar-refractivity contribution in [3.63, 3.8) is 0 Å². The number of carbonyl (C=O) groups is 4. The summed E-state index contributed by atoms with van der Waals surface area (Å²) in [6, 6.07) is 30.2. The first-order valence-electron chi connectivity index (χ1n) is 18.6. The van der Waals surface area contributed by atoms with Gasteiger partial charge in [0.2, 0.25) is 0 Å². The fourth-order valence-corrected chi connectivity index (χ4v) is 6.56. The van der Waals surface area contributed by atoms with Crippen molar-refractivity contribution in [2.24, 2.45) is 0 Å². The van der Waals surface area contributed by atoms with E-state index in [-0.39, 0.29) is 24.0 Å². The van der Waals surface area contributed by atoms with Crippen LogP contribution >= 0.6 is 11.8 Å². The van der Waals surface area contributed by atoms with Gasteiger partial charge in [-0.25, -0.2) is 19.2 Å². The van der Waals surface area contributed by atoms with Crippen LogP contribution in [0, 0.1) is 0 Å². The van der Waals surface area contributed by atoms with E-state index in [1.54, 1.807) is 45.8 Å². The fourth-order valence-electron chi connectivity index (χ4n) is 6.16. The Morgan fingerprint density at radius 3 is 1.27 bits per heavy atom. The van der Waals surface area contributed by atoms with E-state index < -0.39 is 0 Å².